The van der Waals surface area contributed by atoms with Crippen LogP contribution in [0.5, 0.6) is 0 Å². The number of para-hydroxylation sites is 1. The summed E-state index contributed by atoms with van der Waals surface area (Å²) in [6, 6.07) is 7.83. The van der Waals surface area contributed by atoms with Gasteiger partial charge in [0.05, 0.1) is 6.54 Å². The van der Waals surface area contributed by atoms with Crippen LogP contribution in [0, 0.1) is 0 Å². The molecular weight excluding hydrogens is 335 g/mol. The van der Waals surface area contributed by atoms with Gasteiger partial charge in [0, 0.05) is 11.1 Å². The second-order valence-electron chi connectivity index (χ2n) is 6.89. The number of hydrogen-bond donors (Lipinski definition) is 2. The number of carbonyl (C=O) groups excluding carboxylic acids is 1. The van der Waals surface area contributed by atoms with Crippen LogP contribution in [0.4, 0.5) is 18.9 Å². The lowest BCUT2D eigenvalue weighted by Gasteiger charge is -2.43. The molecule has 1 aromatic rings. The molecule has 2 atom stereocenters. The van der Waals surface area contributed by atoms with Crippen LogP contribution in [0.25, 0.3) is 0 Å². The number of anilines is 1. The van der Waals surface area contributed by atoms with Gasteiger partial charge in [-0.05, 0) is 37.6 Å². The van der Waals surface area contributed by atoms with Crippen LogP contribution >= 0.6 is 0 Å². The molecule has 25 heavy (non-hydrogen) atoms. The first-order valence-electron chi connectivity index (χ1n) is 8.46. The molecule has 4 rings (SSSR count). The van der Waals surface area contributed by atoms with E-state index in [-0.39, 0.29) is 24.3 Å². The molecule has 0 bridgehead atoms. The Labute approximate surface area is 143 Å². The van der Waals surface area contributed by atoms with E-state index in [0.29, 0.717) is 0 Å². The Morgan fingerprint density at radius 3 is 2.76 bits per heavy atom. The van der Waals surface area contributed by atoms with Crippen molar-refractivity contribution in [3.05, 3.63) is 29.8 Å². The van der Waals surface area contributed by atoms with Crippen LogP contribution < -0.4 is 15.5 Å². The SMILES string of the molecule is O=C(CN1c2ccccc2C2(CCNCC2)C2OC21)NCC(F)(F)F. The Morgan fingerprint density at radius 1 is 1.32 bits per heavy atom. The van der Waals surface area contributed by atoms with Gasteiger partial charge >= 0.3 is 6.18 Å². The summed E-state index contributed by atoms with van der Waals surface area (Å²) in [5.41, 5.74) is 1.97. The number of rotatable bonds is 3. The first-order valence-corrected chi connectivity index (χ1v) is 8.46. The third-order valence-corrected chi connectivity index (χ3v) is 5.37. The minimum absolute atomic E-state index is 0.0000777. The Bertz CT molecular complexity index is 673. The van der Waals surface area contributed by atoms with Crippen molar-refractivity contribution in [1.82, 2.24) is 10.6 Å². The van der Waals surface area contributed by atoms with Gasteiger partial charge in [0.25, 0.3) is 0 Å². The summed E-state index contributed by atoms with van der Waals surface area (Å²) < 4.78 is 42.8. The lowest BCUT2D eigenvalue weighted by atomic mass is 9.68. The molecule has 136 valence electrons. The fourth-order valence-corrected chi connectivity index (χ4v) is 4.19. The van der Waals surface area contributed by atoms with E-state index in [1.807, 2.05) is 23.5 Å². The molecular formula is C17H20F3N3O2. The minimum Gasteiger partial charge on any atom is -0.347 e. The predicted molar refractivity (Wildman–Crippen MR) is 85.3 cm³/mol. The Morgan fingerprint density at radius 2 is 2.04 bits per heavy atom. The zero-order valence-corrected chi connectivity index (χ0v) is 13.6. The second kappa shape index (κ2) is 5.88. The third kappa shape index (κ3) is 2.97. The van der Waals surface area contributed by atoms with E-state index in [4.69, 9.17) is 4.74 Å². The number of carbonyl (C=O) groups is 1. The number of alkyl halides is 3. The summed E-state index contributed by atoms with van der Waals surface area (Å²) in [4.78, 5) is 13.8. The lowest BCUT2D eigenvalue weighted by molar-refractivity contribution is -0.137. The number of halogens is 3. The molecule has 2 N–H and O–H groups in total. The molecule has 3 heterocycles. The summed E-state index contributed by atoms with van der Waals surface area (Å²) in [7, 11) is 0. The molecule has 5 nitrogen and oxygen atoms in total. The summed E-state index contributed by atoms with van der Waals surface area (Å²) in [6.45, 7) is 0.369. The van der Waals surface area contributed by atoms with Gasteiger partial charge in [0.1, 0.15) is 12.6 Å². The average Bonchev–Trinajstić information content (AvgIpc) is 3.39. The van der Waals surface area contributed by atoms with Crippen molar-refractivity contribution in [2.75, 3.05) is 31.1 Å². The van der Waals surface area contributed by atoms with E-state index >= 15 is 0 Å². The number of hydrogen-bond acceptors (Lipinski definition) is 4. The van der Waals surface area contributed by atoms with E-state index in [2.05, 4.69) is 11.4 Å². The van der Waals surface area contributed by atoms with Gasteiger partial charge in [-0.15, -0.1) is 0 Å². The first-order chi connectivity index (χ1) is 11.9. The fraction of sp³-hybridized carbons (Fsp3) is 0.588. The van der Waals surface area contributed by atoms with E-state index in [0.717, 1.165) is 37.2 Å². The topological polar surface area (TPSA) is 56.9 Å². The number of nitrogens with zero attached hydrogens (tertiary/aromatic N) is 1. The zero-order valence-electron chi connectivity index (χ0n) is 13.6. The summed E-state index contributed by atoms with van der Waals surface area (Å²) >= 11 is 0. The van der Waals surface area contributed by atoms with Crippen LogP contribution in [0.2, 0.25) is 0 Å². The predicted octanol–water partition coefficient (Wildman–Crippen LogP) is 1.53. The second-order valence-corrected chi connectivity index (χ2v) is 6.89. The molecule has 0 saturated carbocycles. The quantitative estimate of drug-likeness (QED) is 0.808. The molecule has 1 aromatic carbocycles. The van der Waals surface area contributed by atoms with Crippen LogP contribution in [0.3, 0.4) is 0 Å². The molecule has 2 unspecified atom stereocenters. The first kappa shape index (κ1) is 16.7. The van der Waals surface area contributed by atoms with E-state index in [9.17, 15) is 18.0 Å². The normalized spacial score (nSPS) is 26.8. The van der Waals surface area contributed by atoms with Crippen molar-refractivity contribution >= 4 is 11.6 Å². The highest BCUT2D eigenvalue weighted by atomic mass is 19.4. The number of fused-ring (bicyclic) bond motifs is 4. The maximum atomic E-state index is 12.3. The molecule has 3 aliphatic heterocycles. The minimum atomic E-state index is -4.41. The van der Waals surface area contributed by atoms with Crippen molar-refractivity contribution in [2.24, 2.45) is 0 Å². The van der Waals surface area contributed by atoms with Crippen molar-refractivity contribution in [1.29, 1.82) is 0 Å². The fourth-order valence-electron chi connectivity index (χ4n) is 4.19. The summed E-state index contributed by atoms with van der Waals surface area (Å²) in [5.74, 6) is -0.650. The standard InChI is InChI=1S/C17H20F3N3O2/c18-17(19,20)10-22-13(24)9-23-12-4-2-1-3-11(12)16(14-15(23)25-14)5-7-21-8-6-16/h1-4,14-15,21H,5-10H2,(H,22,24). The number of ether oxygens (including phenoxy) is 1. The van der Waals surface area contributed by atoms with Crippen LogP contribution in [-0.4, -0.2) is 50.6 Å². The van der Waals surface area contributed by atoms with E-state index in [1.165, 1.54) is 0 Å². The molecule has 0 radical (unpaired) electrons. The maximum absolute atomic E-state index is 12.3. The van der Waals surface area contributed by atoms with Crippen molar-refractivity contribution in [3.8, 4) is 0 Å². The summed E-state index contributed by atoms with van der Waals surface area (Å²) in [5, 5.41) is 5.30. The average molecular weight is 355 g/mol. The molecule has 1 amide bonds. The lowest BCUT2D eigenvalue weighted by Crippen LogP contribution is -2.51. The largest absolute Gasteiger partial charge is 0.405 e. The van der Waals surface area contributed by atoms with Crippen molar-refractivity contribution in [3.63, 3.8) is 0 Å². The molecule has 3 aliphatic rings. The van der Waals surface area contributed by atoms with Crippen LogP contribution in [0.1, 0.15) is 18.4 Å². The van der Waals surface area contributed by atoms with Gasteiger partial charge in [0.15, 0.2) is 6.23 Å². The molecule has 1 spiro atoms. The molecule has 0 aromatic heterocycles. The van der Waals surface area contributed by atoms with E-state index < -0.39 is 18.6 Å². The Kier molecular flexibility index (Phi) is 3.92. The van der Waals surface area contributed by atoms with Crippen LogP contribution in [-0.2, 0) is 14.9 Å². The van der Waals surface area contributed by atoms with Gasteiger partial charge in [0.2, 0.25) is 5.91 Å². The molecule has 2 saturated heterocycles. The highest BCUT2D eigenvalue weighted by molar-refractivity contribution is 5.82. The molecule has 2 fully saturated rings. The number of piperidine rings is 1. The van der Waals surface area contributed by atoms with Gasteiger partial charge < -0.3 is 20.3 Å². The maximum Gasteiger partial charge on any atom is 0.405 e. The number of amides is 1. The third-order valence-electron chi connectivity index (χ3n) is 5.37. The number of epoxide rings is 1. The van der Waals surface area contributed by atoms with Gasteiger partial charge in [-0.2, -0.15) is 13.2 Å². The number of nitrogens with one attached hydrogen (secondary N) is 2. The summed E-state index contributed by atoms with van der Waals surface area (Å²) in [6.07, 6.45) is -2.73. The molecule has 0 aliphatic carbocycles. The smallest absolute Gasteiger partial charge is 0.347 e. The van der Waals surface area contributed by atoms with Crippen molar-refractivity contribution < 1.29 is 22.7 Å². The Hall–Kier alpha value is -1.80. The van der Waals surface area contributed by atoms with Gasteiger partial charge in [-0.25, -0.2) is 0 Å². The van der Waals surface area contributed by atoms with E-state index in [1.54, 1.807) is 4.90 Å². The highest BCUT2D eigenvalue weighted by Crippen LogP contribution is 2.55. The van der Waals surface area contributed by atoms with Crippen LogP contribution in [0.15, 0.2) is 24.3 Å². The van der Waals surface area contributed by atoms with Gasteiger partial charge in [-0.1, -0.05) is 18.2 Å². The monoisotopic (exact) mass is 355 g/mol. The zero-order chi connectivity index (χ0) is 17.7. The Balaban J connectivity index is 1.56. The van der Waals surface area contributed by atoms with Crippen molar-refractivity contribution in [2.45, 2.75) is 36.8 Å². The highest BCUT2D eigenvalue weighted by Gasteiger charge is 2.62. The molecule has 8 heteroatoms. The number of benzene rings is 1. The van der Waals surface area contributed by atoms with Gasteiger partial charge in [-0.3, -0.25) is 4.79 Å².